The molecule has 2 N–H and O–H groups in total. The maximum atomic E-state index is 12.6. The quantitative estimate of drug-likeness (QED) is 0.810. The third-order valence-electron chi connectivity index (χ3n) is 3.97. The first-order chi connectivity index (χ1) is 10.5. The Hall–Kier alpha value is -1.53. The molecule has 1 saturated heterocycles. The van der Waals surface area contributed by atoms with Gasteiger partial charge in [-0.2, -0.15) is 0 Å². The van der Waals surface area contributed by atoms with Crippen LogP contribution in [0.4, 0.5) is 0 Å². The van der Waals surface area contributed by atoms with Crippen LogP contribution in [0.1, 0.15) is 26.2 Å². The SMILES string of the molecule is CCC(Sc1ccccc1)C(=O)N1CCC(O)(C(=O)O)CC1. The molecule has 1 fully saturated rings. The Labute approximate surface area is 134 Å². The zero-order chi connectivity index (χ0) is 16.2. The predicted molar refractivity (Wildman–Crippen MR) is 84.8 cm³/mol. The monoisotopic (exact) mass is 323 g/mol. The van der Waals surface area contributed by atoms with E-state index in [4.69, 9.17) is 5.11 Å². The fourth-order valence-electron chi connectivity index (χ4n) is 2.49. The lowest BCUT2D eigenvalue weighted by molar-refractivity contribution is -0.165. The van der Waals surface area contributed by atoms with Crippen LogP contribution >= 0.6 is 11.8 Å². The van der Waals surface area contributed by atoms with Gasteiger partial charge in [0.15, 0.2) is 5.60 Å². The third-order valence-corrected chi connectivity index (χ3v) is 5.33. The van der Waals surface area contributed by atoms with Gasteiger partial charge >= 0.3 is 5.97 Å². The van der Waals surface area contributed by atoms with E-state index < -0.39 is 11.6 Å². The number of benzene rings is 1. The molecule has 1 unspecified atom stereocenters. The molecule has 0 aliphatic carbocycles. The first kappa shape index (κ1) is 16.8. The number of aliphatic hydroxyl groups is 1. The third kappa shape index (κ3) is 3.81. The molecule has 0 spiro atoms. The van der Waals surface area contributed by atoms with Crippen molar-refractivity contribution in [2.45, 2.75) is 41.9 Å². The van der Waals surface area contributed by atoms with Gasteiger partial charge in [0.05, 0.1) is 5.25 Å². The molecule has 0 saturated carbocycles. The molecule has 5 nitrogen and oxygen atoms in total. The number of hydrogen-bond donors (Lipinski definition) is 2. The number of nitrogens with zero attached hydrogens (tertiary/aromatic N) is 1. The minimum atomic E-state index is -1.69. The molecule has 0 radical (unpaired) electrons. The van der Waals surface area contributed by atoms with Crippen molar-refractivity contribution in [1.29, 1.82) is 0 Å². The molecule has 1 aromatic carbocycles. The van der Waals surface area contributed by atoms with Crippen LogP contribution in [0.25, 0.3) is 0 Å². The van der Waals surface area contributed by atoms with E-state index in [1.165, 1.54) is 11.8 Å². The summed E-state index contributed by atoms with van der Waals surface area (Å²) in [5.41, 5.74) is -1.69. The highest BCUT2D eigenvalue weighted by atomic mass is 32.2. The van der Waals surface area contributed by atoms with E-state index in [1.54, 1.807) is 4.90 Å². The molecule has 6 heteroatoms. The number of carbonyl (C=O) groups excluding carboxylic acids is 1. The molecule has 1 aromatic rings. The summed E-state index contributed by atoms with van der Waals surface area (Å²) in [4.78, 5) is 26.3. The van der Waals surface area contributed by atoms with Crippen LogP contribution in [0.2, 0.25) is 0 Å². The van der Waals surface area contributed by atoms with E-state index in [2.05, 4.69) is 0 Å². The van der Waals surface area contributed by atoms with E-state index in [0.29, 0.717) is 6.42 Å². The van der Waals surface area contributed by atoms with Crippen LogP contribution in [-0.2, 0) is 9.59 Å². The second kappa shape index (κ2) is 7.15. The van der Waals surface area contributed by atoms with E-state index in [-0.39, 0.29) is 37.1 Å². The highest BCUT2D eigenvalue weighted by molar-refractivity contribution is 8.00. The van der Waals surface area contributed by atoms with Gasteiger partial charge in [-0.25, -0.2) is 4.79 Å². The van der Waals surface area contributed by atoms with Gasteiger partial charge in [0, 0.05) is 30.8 Å². The molecule has 120 valence electrons. The number of carbonyl (C=O) groups is 2. The Morgan fingerprint density at radius 3 is 2.36 bits per heavy atom. The molecule has 22 heavy (non-hydrogen) atoms. The molecule has 1 heterocycles. The molecule has 0 bridgehead atoms. The number of thioether (sulfide) groups is 1. The van der Waals surface area contributed by atoms with E-state index in [1.807, 2.05) is 37.3 Å². The summed E-state index contributed by atoms with van der Waals surface area (Å²) in [7, 11) is 0. The van der Waals surface area contributed by atoms with Gasteiger partial charge < -0.3 is 15.1 Å². The first-order valence-electron chi connectivity index (χ1n) is 7.42. The zero-order valence-electron chi connectivity index (χ0n) is 12.6. The normalized spacial score (nSPS) is 18.7. The topological polar surface area (TPSA) is 77.8 Å². The van der Waals surface area contributed by atoms with Crippen LogP contribution in [0, 0.1) is 0 Å². The Morgan fingerprint density at radius 2 is 1.86 bits per heavy atom. The van der Waals surface area contributed by atoms with Crippen molar-refractivity contribution >= 4 is 23.6 Å². The van der Waals surface area contributed by atoms with Crippen LogP contribution in [0.5, 0.6) is 0 Å². The number of rotatable bonds is 5. The number of hydrogen-bond acceptors (Lipinski definition) is 4. The molecule has 1 aliphatic heterocycles. The lowest BCUT2D eigenvalue weighted by atomic mass is 9.91. The minimum Gasteiger partial charge on any atom is -0.479 e. The van der Waals surface area contributed by atoms with Crippen molar-refractivity contribution in [3.63, 3.8) is 0 Å². The largest absolute Gasteiger partial charge is 0.479 e. The number of piperidine rings is 1. The van der Waals surface area contributed by atoms with Gasteiger partial charge in [0.1, 0.15) is 0 Å². The van der Waals surface area contributed by atoms with Gasteiger partial charge in [-0.15, -0.1) is 11.8 Å². The molecule has 1 atom stereocenters. The van der Waals surface area contributed by atoms with E-state index in [0.717, 1.165) is 4.90 Å². The highest BCUT2D eigenvalue weighted by Crippen LogP contribution is 2.29. The number of likely N-dealkylation sites (tertiary alicyclic amines) is 1. The average molecular weight is 323 g/mol. The van der Waals surface area contributed by atoms with Crippen molar-refractivity contribution in [3.05, 3.63) is 30.3 Å². The summed E-state index contributed by atoms with van der Waals surface area (Å²) < 4.78 is 0. The summed E-state index contributed by atoms with van der Waals surface area (Å²) in [6, 6.07) is 9.75. The first-order valence-corrected chi connectivity index (χ1v) is 8.30. The van der Waals surface area contributed by atoms with Crippen LogP contribution in [0.15, 0.2) is 35.2 Å². The summed E-state index contributed by atoms with van der Waals surface area (Å²) in [5.74, 6) is -1.19. The van der Waals surface area contributed by atoms with Crippen molar-refractivity contribution in [2.75, 3.05) is 13.1 Å². The molecule has 0 aromatic heterocycles. The standard InChI is InChI=1S/C16H21NO4S/c1-2-13(22-12-6-4-3-5-7-12)14(18)17-10-8-16(21,9-11-17)15(19)20/h3-7,13,21H,2,8-11H2,1H3,(H,19,20). The van der Waals surface area contributed by atoms with Gasteiger partial charge in [0.25, 0.3) is 0 Å². The lowest BCUT2D eigenvalue weighted by Gasteiger charge is -2.36. The van der Waals surface area contributed by atoms with Crippen LogP contribution in [0.3, 0.4) is 0 Å². The van der Waals surface area contributed by atoms with E-state index in [9.17, 15) is 14.7 Å². The second-order valence-electron chi connectivity index (χ2n) is 5.49. The fraction of sp³-hybridized carbons (Fsp3) is 0.500. The Kier molecular flexibility index (Phi) is 5.47. The van der Waals surface area contributed by atoms with Crippen molar-refractivity contribution in [2.24, 2.45) is 0 Å². The van der Waals surface area contributed by atoms with E-state index >= 15 is 0 Å². The number of aliphatic carboxylic acids is 1. The summed E-state index contributed by atoms with van der Waals surface area (Å²) in [6.45, 7) is 2.54. The summed E-state index contributed by atoms with van der Waals surface area (Å²) in [5, 5.41) is 18.8. The summed E-state index contributed by atoms with van der Waals surface area (Å²) in [6.07, 6.45) is 0.874. The highest BCUT2D eigenvalue weighted by Gasteiger charge is 2.41. The Morgan fingerprint density at radius 1 is 1.27 bits per heavy atom. The Bertz CT molecular complexity index is 526. The maximum absolute atomic E-state index is 12.6. The Balaban J connectivity index is 1.97. The smallest absolute Gasteiger partial charge is 0.335 e. The van der Waals surface area contributed by atoms with Crippen molar-refractivity contribution < 1.29 is 19.8 Å². The van der Waals surface area contributed by atoms with Gasteiger partial charge in [-0.05, 0) is 18.6 Å². The molecule has 2 rings (SSSR count). The fourth-order valence-corrected chi connectivity index (χ4v) is 3.55. The average Bonchev–Trinajstić information content (AvgIpc) is 2.53. The van der Waals surface area contributed by atoms with Gasteiger partial charge in [-0.3, -0.25) is 4.79 Å². The van der Waals surface area contributed by atoms with Crippen LogP contribution < -0.4 is 0 Å². The second-order valence-corrected chi connectivity index (χ2v) is 6.77. The number of carboxylic acids is 1. The summed E-state index contributed by atoms with van der Waals surface area (Å²) >= 11 is 1.53. The zero-order valence-corrected chi connectivity index (χ0v) is 13.4. The van der Waals surface area contributed by atoms with Crippen molar-refractivity contribution in [1.82, 2.24) is 4.90 Å². The molecular weight excluding hydrogens is 302 g/mol. The van der Waals surface area contributed by atoms with Crippen molar-refractivity contribution in [3.8, 4) is 0 Å². The molecule has 1 amide bonds. The molecular formula is C16H21NO4S. The van der Waals surface area contributed by atoms with Gasteiger partial charge in [0.2, 0.25) is 5.91 Å². The molecule has 1 aliphatic rings. The number of carboxylic acid groups (broad SMARTS) is 1. The maximum Gasteiger partial charge on any atom is 0.335 e. The minimum absolute atomic E-state index is 0.0174. The number of amides is 1. The lowest BCUT2D eigenvalue weighted by Crippen LogP contribution is -2.52. The van der Waals surface area contributed by atoms with Crippen LogP contribution in [-0.4, -0.2) is 50.9 Å². The van der Waals surface area contributed by atoms with Gasteiger partial charge in [-0.1, -0.05) is 25.1 Å². The predicted octanol–water partition coefficient (Wildman–Crippen LogP) is 2.00.